The number of nitrogens with one attached hydrogen (secondary N) is 1. The number of carboxylic acid groups (broad SMARTS) is 1. The maximum absolute atomic E-state index is 11.9. The second kappa shape index (κ2) is 8.76. The summed E-state index contributed by atoms with van der Waals surface area (Å²) in [5, 5.41) is 11.6. The minimum atomic E-state index is -0.816. The molecule has 0 aromatic carbocycles. The van der Waals surface area contributed by atoms with Crippen LogP contribution in [0.15, 0.2) is 0 Å². The van der Waals surface area contributed by atoms with Crippen LogP contribution < -0.4 is 5.32 Å². The molecule has 0 radical (unpaired) electrons. The lowest BCUT2D eigenvalue weighted by Crippen LogP contribution is -2.52. The Hall–Kier alpha value is -1.34. The molecule has 0 unspecified atom stereocenters. The highest BCUT2D eigenvalue weighted by Crippen LogP contribution is 2.01. The van der Waals surface area contributed by atoms with Crippen molar-refractivity contribution in [2.24, 2.45) is 0 Å². The molecule has 0 atom stereocenters. The van der Waals surface area contributed by atoms with Crippen LogP contribution in [-0.2, 0) is 4.79 Å². The van der Waals surface area contributed by atoms with Crippen molar-refractivity contribution >= 4 is 12.0 Å². The molecule has 0 aromatic heterocycles. The highest BCUT2D eigenvalue weighted by molar-refractivity contribution is 5.74. The van der Waals surface area contributed by atoms with Gasteiger partial charge in [0, 0.05) is 32.7 Å². The summed E-state index contributed by atoms with van der Waals surface area (Å²) in [7, 11) is 4.07. The Morgan fingerprint density at radius 3 is 2.35 bits per heavy atom. The molecule has 116 valence electrons. The first-order valence-corrected chi connectivity index (χ1v) is 7.10. The van der Waals surface area contributed by atoms with Gasteiger partial charge in [0.25, 0.3) is 0 Å². The number of urea groups is 1. The second-order valence-corrected chi connectivity index (χ2v) is 5.40. The topological polar surface area (TPSA) is 76.1 Å². The van der Waals surface area contributed by atoms with E-state index >= 15 is 0 Å². The molecule has 0 aromatic rings. The van der Waals surface area contributed by atoms with Gasteiger partial charge in [0.1, 0.15) is 0 Å². The highest BCUT2D eigenvalue weighted by atomic mass is 16.4. The normalized spacial score (nSPS) is 16.4. The quantitative estimate of drug-likeness (QED) is 0.631. The van der Waals surface area contributed by atoms with Crippen LogP contribution in [0.25, 0.3) is 0 Å². The molecule has 1 aliphatic rings. The fourth-order valence-corrected chi connectivity index (χ4v) is 2.16. The number of carboxylic acids is 1. The number of hydrogen-bond acceptors (Lipinski definition) is 4. The lowest BCUT2D eigenvalue weighted by Gasteiger charge is -2.33. The van der Waals surface area contributed by atoms with Crippen LogP contribution in [-0.4, -0.2) is 91.7 Å². The van der Waals surface area contributed by atoms with E-state index in [0.717, 1.165) is 19.4 Å². The Kier molecular flexibility index (Phi) is 7.32. The number of piperazine rings is 1. The number of carbonyl (C=O) groups excluding carboxylic acids is 1. The fraction of sp³-hybridized carbons (Fsp3) is 0.846. The summed E-state index contributed by atoms with van der Waals surface area (Å²) >= 11 is 0. The number of rotatable bonds is 7. The number of amides is 2. The molecule has 0 saturated carbocycles. The lowest BCUT2D eigenvalue weighted by atomic mass is 10.3. The van der Waals surface area contributed by atoms with Crippen molar-refractivity contribution in [1.82, 2.24) is 20.0 Å². The summed E-state index contributed by atoms with van der Waals surface area (Å²) in [6.07, 6.45) is 2.04. The summed E-state index contributed by atoms with van der Waals surface area (Å²) in [6, 6.07) is -0.0372. The van der Waals surface area contributed by atoms with Crippen molar-refractivity contribution in [2.75, 3.05) is 59.9 Å². The van der Waals surface area contributed by atoms with Gasteiger partial charge in [-0.3, -0.25) is 9.69 Å². The summed E-state index contributed by atoms with van der Waals surface area (Å²) in [5.74, 6) is -0.816. The Labute approximate surface area is 120 Å². The minimum absolute atomic E-state index is 0.0372. The fourth-order valence-electron chi connectivity index (χ4n) is 2.16. The van der Waals surface area contributed by atoms with E-state index in [0.29, 0.717) is 32.7 Å². The third-order valence-corrected chi connectivity index (χ3v) is 3.33. The van der Waals surface area contributed by atoms with Gasteiger partial charge in [0.15, 0.2) is 0 Å². The minimum Gasteiger partial charge on any atom is -0.480 e. The van der Waals surface area contributed by atoms with E-state index in [-0.39, 0.29) is 12.6 Å². The van der Waals surface area contributed by atoms with Crippen LogP contribution in [0, 0.1) is 0 Å². The molecule has 1 fully saturated rings. The second-order valence-electron chi connectivity index (χ2n) is 5.40. The van der Waals surface area contributed by atoms with Crippen molar-refractivity contribution in [3.8, 4) is 0 Å². The first-order chi connectivity index (χ1) is 9.49. The van der Waals surface area contributed by atoms with E-state index < -0.39 is 5.97 Å². The number of carbonyl (C=O) groups is 2. The van der Waals surface area contributed by atoms with Crippen molar-refractivity contribution < 1.29 is 14.7 Å². The largest absolute Gasteiger partial charge is 0.480 e. The Morgan fingerprint density at radius 2 is 1.80 bits per heavy atom. The zero-order chi connectivity index (χ0) is 15.0. The number of nitrogens with zero attached hydrogens (tertiary/aromatic N) is 3. The van der Waals surface area contributed by atoms with Crippen LogP contribution in [0.2, 0.25) is 0 Å². The van der Waals surface area contributed by atoms with E-state index in [1.54, 1.807) is 4.90 Å². The number of hydrogen-bond donors (Lipinski definition) is 2. The molecule has 1 rings (SSSR count). The summed E-state index contributed by atoms with van der Waals surface area (Å²) in [5.41, 5.74) is 0. The molecule has 7 heteroatoms. The Balaban J connectivity index is 2.11. The standard InChI is InChI=1S/C13H26N4O3/c1-15(2)6-4-3-5-14-13(20)17-9-7-16(8-10-17)11-12(18)19/h3-11H2,1-2H3,(H,14,20)(H,18,19). The van der Waals surface area contributed by atoms with Crippen molar-refractivity contribution in [1.29, 1.82) is 0 Å². The van der Waals surface area contributed by atoms with Crippen LogP contribution >= 0.6 is 0 Å². The zero-order valence-electron chi connectivity index (χ0n) is 12.5. The Bertz CT molecular complexity index is 315. The summed E-state index contributed by atoms with van der Waals surface area (Å²) < 4.78 is 0. The first kappa shape index (κ1) is 16.7. The monoisotopic (exact) mass is 286 g/mol. The maximum Gasteiger partial charge on any atom is 0.317 e. The zero-order valence-corrected chi connectivity index (χ0v) is 12.5. The van der Waals surface area contributed by atoms with Gasteiger partial charge in [-0.25, -0.2) is 4.79 Å². The Morgan fingerprint density at radius 1 is 1.15 bits per heavy atom. The molecule has 0 bridgehead atoms. The van der Waals surface area contributed by atoms with E-state index in [4.69, 9.17) is 5.11 Å². The molecule has 2 amide bonds. The molecule has 1 aliphatic heterocycles. The van der Waals surface area contributed by atoms with Gasteiger partial charge in [0.05, 0.1) is 6.54 Å². The molecular weight excluding hydrogens is 260 g/mol. The van der Waals surface area contributed by atoms with E-state index in [2.05, 4.69) is 10.2 Å². The van der Waals surface area contributed by atoms with Crippen LogP contribution in [0.3, 0.4) is 0 Å². The van der Waals surface area contributed by atoms with Gasteiger partial charge in [-0.2, -0.15) is 0 Å². The maximum atomic E-state index is 11.9. The van der Waals surface area contributed by atoms with Crippen LogP contribution in [0.4, 0.5) is 4.79 Å². The van der Waals surface area contributed by atoms with Gasteiger partial charge in [-0.1, -0.05) is 0 Å². The molecule has 2 N–H and O–H groups in total. The highest BCUT2D eigenvalue weighted by Gasteiger charge is 2.21. The predicted octanol–water partition coefficient (Wildman–Crippen LogP) is -0.260. The molecular formula is C13H26N4O3. The molecule has 1 heterocycles. The molecule has 20 heavy (non-hydrogen) atoms. The SMILES string of the molecule is CN(C)CCCCNC(=O)N1CCN(CC(=O)O)CC1. The van der Waals surface area contributed by atoms with Gasteiger partial charge < -0.3 is 20.2 Å². The third-order valence-electron chi connectivity index (χ3n) is 3.33. The van der Waals surface area contributed by atoms with Crippen LogP contribution in [0.5, 0.6) is 0 Å². The average molecular weight is 286 g/mol. The van der Waals surface area contributed by atoms with Crippen molar-refractivity contribution in [3.63, 3.8) is 0 Å². The smallest absolute Gasteiger partial charge is 0.317 e. The summed E-state index contributed by atoms with van der Waals surface area (Å²) in [4.78, 5) is 28.2. The van der Waals surface area contributed by atoms with Crippen LogP contribution in [0.1, 0.15) is 12.8 Å². The molecule has 7 nitrogen and oxygen atoms in total. The van der Waals surface area contributed by atoms with E-state index in [1.807, 2.05) is 19.0 Å². The van der Waals surface area contributed by atoms with Gasteiger partial charge >= 0.3 is 12.0 Å². The number of unbranched alkanes of at least 4 members (excludes halogenated alkanes) is 1. The average Bonchev–Trinajstić information content (AvgIpc) is 2.38. The van der Waals surface area contributed by atoms with E-state index in [1.165, 1.54) is 0 Å². The van der Waals surface area contributed by atoms with E-state index in [9.17, 15) is 9.59 Å². The molecule has 1 saturated heterocycles. The van der Waals surface area contributed by atoms with Gasteiger partial charge in [0.2, 0.25) is 0 Å². The predicted molar refractivity (Wildman–Crippen MR) is 76.8 cm³/mol. The molecule has 0 aliphatic carbocycles. The summed E-state index contributed by atoms with van der Waals surface area (Å²) in [6.45, 7) is 4.22. The van der Waals surface area contributed by atoms with Gasteiger partial charge in [-0.05, 0) is 33.5 Å². The molecule has 0 spiro atoms. The van der Waals surface area contributed by atoms with Crippen molar-refractivity contribution in [3.05, 3.63) is 0 Å². The van der Waals surface area contributed by atoms with Gasteiger partial charge in [-0.15, -0.1) is 0 Å². The first-order valence-electron chi connectivity index (χ1n) is 7.10. The number of aliphatic carboxylic acids is 1. The van der Waals surface area contributed by atoms with Crippen molar-refractivity contribution in [2.45, 2.75) is 12.8 Å². The third kappa shape index (κ3) is 6.72. The lowest BCUT2D eigenvalue weighted by molar-refractivity contribution is -0.138.